The zero-order valence-electron chi connectivity index (χ0n) is 24.0. The van der Waals surface area contributed by atoms with Gasteiger partial charge in [-0.3, -0.25) is 19.7 Å². The molecule has 7 heteroatoms. The van der Waals surface area contributed by atoms with Gasteiger partial charge < -0.3 is 9.47 Å². The first-order valence-electron chi connectivity index (χ1n) is 15.1. The van der Waals surface area contributed by atoms with Gasteiger partial charge >= 0.3 is 11.9 Å². The monoisotopic (exact) mass is 539 g/mol. The maximum Gasteiger partial charge on any atom is 0.311 e. The van der Waals surface area contributed by atoms with Crippen molar-refractivity contribution >= 4 is 17.6 Å². The van der Waals surface area contributed by atoms with E-state index in [0.717, 1.165) is 37.0 Å². The van der Waals surface area contributed by atoms with E-state index in [4.69, 9.17) is 9.47 Å². The van der Waals surface area contributed by atoms with Crippen LogP contribution in [0.25, 0.3) is 0 Å². The average Bonchev–Trinajstić information content (AvgIpc) is 3.25. The van der Waals surface area contributed by atoms with Crippen molar-refractivity contribution in [2.24, 2.45) is 46.3 Å². The van der Waals surface area contributed by atoms with Crippen LogP contribution >= 0.6 is 0 Å². The van der Waals surface area contributed by atoms with Crippen LogP contribution in [0.4, 0.5) is 5.69 Å². The van der Waals surface area contributed by atoms with Crippen molar-refractivity contribution in [1.82, 2.24) is 0 Å². The third kappa shape index (κ3) is 5.35. The number of nitro benzene ring substituents is 1. The summed E-state index contributed by atoms with van der Waals surface area (Å²) in [6.07, 6.45) is 12.2. The summed E-state index contributed by atoms with van der Waals surface area (Å²) in [5.41, 5.74) is 0.687. The molecule has 0 saturated heterocycles. The van der Waals surface area contributed by atoms with Crippen molar-refractivity contribution in [2.45, 2.75) is 104 Å². The number of hydrogen-bond donors (Lipinski definition) is 0. The molecule has 0 heterocycles. The summed E-state index contributed by atoms with van der Waals surface area (Å²) in [5, 5.41) is 10.8. The van der Waals surface area contributed by atoms with E-state index in [0.29, 0.717) is 40.8 Å². The molecule has 0 aliphatic heterocycles. The van der Waals surface area contributed by atoms with E-state index in [1.807, 2.05) is 0 Å². The Morgan fingerprint density at radius 2 is 1.69 bits per heavy atom. The highest BCUT2D eigenvalue weighted by Gasteiger charge is 2.60. The van der Waals surface area contributed by atoms with E-state index in [-0.39, 0.29) is 23.7 Å². The molecular formula is C32H45NO6. The Bertz CT molecular complexity index is 1090. The zero-order valence-corrected chi connectivity index (χ0v) is 24.0. The summed E-state index contributed by atoms with van der Waals surface area (Å²) in [6, 6.07) is 5.69. The maximum absolute atomic E-state index is 12.6. The smallest absolute Gasteiger partial charge is 0.311 e. The molecule has 0 bridgehead atoms. The number of esters is 2. The number of non-ortho nitro benzene ring substituents is 1. The molecule has 0 spiro atoms. The molecule has 214 valence electrons. The lowest BCUT2D eigenvalue weighted by molar-refractivity contribution is -0.384. The fraction of sp³-hybridized carbons (Fsp3) is 0.750. The van der Waals surface area contributed by atoms with E-state index in [2.05, 4.69) is 20.8 Å². The molecule has 39 heavy (non-hydrogen) atoms. The van der Waals surface area contributed by atoms with Gasteiger partial charge in [0, 0.05) is 25.5 Å². The molecule has 4 fully saturated rings. The summed E-state index contributed by atoms with van der Waals surface area (Å²) in [5.74, 6) is 4.02. The Kier molecular flexibility index (Phi) is 7.82. The van der Waals surface area contributed by atoms with Crippen molar-refractivity contribution in [3.63, 3.8) is 0 Å². The zero-order chi connectivity index (χ0) is 27.9. The van der Waals surface area contributed by atoms with Crippen LogP contribution in [0, 0.1) is 56.5 Å². The third-order valence-corrected chi connectivity index (χ3v) is 11.8. The molecule has 0 N–H and O–H groups in total. The lowest BCUT2D eigenvalue weighted by atomic mass is 9.44. The Balaban J connectivity index is 1.18. The summed E-state index contributed by atoms with van der Waals surface area (Å²) in [6.45, 7) is 8.94. The van der Waals surface area contributed by atoms with Crippen molar-refractivity contribution in [2.75, 3.05) is 0 Å². The van der Waals surface area contributed by atoms with E-state index >= 15 is 0 Å². The molecule has 7 nitrogen and oxygen atoms in total. The van der Waals surface area contributed by atoms with Crippen LogP contribution in [0.15, 0.2) is 24.3 Å². The molecule has 1 unspecified atom stereocenters. The predicted octanol–water partition coefficient (Wildman–Crippen LogP) is 7.51. The SMILES string of the molecule is CC(=O)O[C@@H]1CC[C@@]2(C)C(CC[C@H]3[C@@H]4CC[C@H]([C@H](C)CCC(=O)Oc5ccc([N+](=O)[O-])cc5)[C@@]4(C)CC[C@@H]32)C1. The van der Waals surface area contributed by atoms with Crippen LogP contribution in [0.5, 0.6) is 5.75 Å². The first-order valence-corrected chi connectivity index (χ1v) is 15.1. The summed E-state index contributed by atoms with van der Waals surface area (Å²) in [7, 11) is 0. The van der Waals surface area contributed by atoms with Crippen LogP contribution in [0.3, 0.4) is 0 Å². The van der Waals surface area contributed by atoms with Crippen molar-refractivity contribution in [1.29, 1.82) is 0 Å². The van der Waals surface area contributed by atoms with Gasteiger partial charge in [0.15, 0.2) is 0 Å². The highest BCUT2D eigenvalue weighted by molar-refractivity contribution is 5.72. The molecule has 0 radical (unpaired) electrons. The van der Waals surface area contributed by atoms with Gasteiger partial charge in [0.1, 0.15) is 11.9 Å². The van der Waals surface area contributed by atoms with E-state index in [1.165, 1.54) is 76.1 Å². The minimum absolute atomic E-state index is 0.0145. The maximum atomic E-state index is 12.6. The molecule has 1 aromatic rings. The largest absolute Gasteiger partial charge is 0.463 e. The van der Waals surface area contributed by atoms with Crippen LogP contribution < -0.4 is 4.74 Å². The van der Waals surface area contributed by atoms with Crippen LogP contribution in [0.2, 0.25) is 0 Å². The first-order chi connectivity index (χ1) is 18.5. The quantitative estimate of drug-likeness (QED) is 0.154. The van der Waals surface area contributed by atoms with Gasteiger partial charge in [-0.05, 0) is 123 Å². The number of nitro groups is 1. The van der Waals surface area contributed by atoms with Gasteiger partial charge in [-0.2, -0.15) is 0 Å². The second kappa shape index (κ2) is 10.9. The molecule has 0 aromatic heterocycles. The lowest BCUT2D eigenvalue weighted by Crippen LogP contribution is -2.54. The van der Waals surface area contributed by atoms with Gasteiger partial charge in [0.25, 0.3) is 5.69 Å². The lowest BCUT2D eigenvalue weighted by Gasteiger charge is -2.61. The highest BCUT2D eigenvalue weighted by Crippen LogP contribution is 2.68. The van der Waals surface area contributed by atoms with Crippen molar-refractivity contribution < 1.29 is 24.0 Å². The summed E-state index contributed by atoms with van der Waals surface area (Å²) < 4.78 is 11.1. The Morgan fingerprint density at radius 1 is 1.00 bits per heavy atom. The normalized spacial score (nSPS) is 38.1. The molecule has 0 amide bonds. The van der Waals surface area contributed by atoms with Gasteiger partial charge in [0.2, 0.25) is 0 Å². The second-order valence-corrected chi connectivity index (χ2v) is 13.6. The number of fused-ring (bicyclic) bond motifs is 5. The topological polar surface area (TPSA) is 95.7 Å². The van der Waals surface area contributed by atoms with E-state index in [9.17, 15) is 19.7 Å². The molecule has 4 aliphatic carbocycles. The minimum Gasteiger partial charge on any atom is -0.463 e. The van der Waals surface area contributed by atoms with Gasteiger partial charge in [-0.15, -0.1) is 0 Å². The first kappa shape index (κ1) is 28.1. The average molecular weight is 540 g/mol. The van der Waals surface area contributed by atoms with Crippen LogP contribution in [-0.2, 0) is 14.3 Å². The number of carbonyl (C=O) groups excluding carboxylic acids is 2. The number of benzene rings is 1. The number of nitrogens with zero attached hydrogens (tertiary/aromatic N) is 1. The molecule has 1 aromatic carbocycles. The highest BCUT2D eigenvalue weighted by atomic mass is 16.6. The van der Waals surface area contributed by atoms with Gasteiger partial charge in [-0.1, -0.05) is 20.8 Å². The van der Waals surface area contributed by atoms with Crippen molar-refractivity contribution in [3.8, 4) is 5.75 Å². The Morgan fingerprint density at radius 3 is 2.38 bits per heavy atom. The molecule has 9 atom stereocenters. The van der Waals surface area contributed by atoms with E-state index in [1.54, 1.807) is 0 Å². The number of rotatable bonds is 7. The summed E-state index contributed by atoms with van der Waals surface area (Å²) in [4.78, 5) is 34.5. The van der Waals surface area contributed by atoms with E-state index < -0.39 is 4.92 Å². The third-order valence-electron chi connectivity index (χ3n) is 11.8. The molecule has 5 rings (SSSR count). The minimum atomic E-state index is -0.460. The Labute approximate surface area is 232 Å². The van der Waals surface area contributed by atoms with Crippen LogP contribution in [0.1, 0.15) is 98.3 Å². The summed E-state index contributed by atoms with van der Waals surface area (Å²) >= 11 is 0. The number of carbonyl (C=O) groups is 2. The van der Waals surface area contributed by atoms with Crippen LogP contribution in [-0.4, -0.2) is 23.0 Å². The Hall–Kier alpha value is -2.44. The van der Waals surface area contributed by atoms with Gasteiger partial charge in [-0.25, -0.2) is 0 Å². The number of ether oxygens (including phenoxy) is 2. The predicted molar refractivity (Wildman–Crippen MR) is 148 cm³/mol. The number of hydrogen-bond acceptors (Lipinski definition) is 6. The van der Waals surface area contributed by atoms with Gasteiger partial charge in [0.05, 0.1) is 4.92 Å². The standard InChI is InChI=1S/C32H45NO6/c1-20(5-14-30(35)39-24-9-7-23(8-10-24)33(36)37)27-12-13-28-26-11-6-22-19-25(38-21(2)34)15-17-31(22,3)29(26)16-18-32(27,28)4/h7-10,20,22,25-29H,5-6,11-19H2,1-4H3/t20-,22?,25-,26+,27-,28+,29+,31+,32-/m1/s1. The fourth-order valence-electron chi connectivity index (χ4n) is 9.90. The fourth-order valence-corrected chi connectivity index (χ4v) is 9.90. The molecular weight excluding hydrogens is 494 g/mol. The molecule has 4 aliphatic rings. The molecule has 4 saturated carbocycles. The van der Waals surface area contributed by atoms with Crippen molar-refractivity contribution in [3.05, 3.63) is 34.4 Å². The second-order valence-electron chi connectivity index (χ2n) is 13.6.